The standard InChI is InChI=1S/C15H11ClN2O2S/c16-10-4-5-14-17-11(6-15(20)18(14)8-10)9-21-13-3-1-2-12(19)7-13/h1-8,19H,9H2. The molecule has 1 aromatic carbocycles. The van der Waals surface area contributed by atoms with E-state index in [2.05, 4.69) is 4.98 Å². The van der Waals surface area contributed by atoms with Gasteiger partial charge in [0.05, 0.1) is 10.7 Å². The fraction of sp³-hybridized carbons (Fsp3) is 0.0667. The van der Waals surface area contributed by atoms with Crippen molar-refractivity contribution in [3.05, 3.63) is 69.7 Å². The molecule has 3 rings (SSSR count). The first-order valence-electron chi connectivity index (χ1n) is 6.21. The zero-order valence-electron chi connectivity index (χ0n) is 10.9. The largest absolute Gasteiger partial charge is 0.508 e. The van der Waals surface area contributed by atoms with Crippen LogP contribution in [0.15, 0.2) is 58.4 Å². The fourth-order valence-electron chi connectivity index (χ4n) is 1.93. The Balaban J connectivity index is 1.88. The molecule has 0 saturated carbocycles. The van der Waals surface area contributed by atoms with Gasteiger partial charge in [-0.1, -0.05) is 17.7 Å². The average molecular weight is 319 g/mol. The topological polar surface area (TPSA) is 54.6 Å². The van der Waals surface area contributed by atoms with Crippen LogP contribution in [-0.4, -0.2) is 14.5 Å². The molecule has 0 aliphatic carbocycles. The minimum atomic E-state index is -0.158. The van der Waals surface area contributed by atoms with Crippen LogP contribution in [0.25, 0.3) is 5.65 Å². The summed E-state index contributed by atoms with van der Waals surface area (Å²) in [5.41, 5.74) is 1.10. The molecule has 3 aromatic rings. The highest BCUT2D eigenvalue weighted by Gasteiger charge is 2.04. The van der Waals surface area contributed by atoms with E-state index in [4.69, 9.17) is 11.6 Å². The lowest BCUT2D eigenvalue weighted by Crippen LogP contribution is -2.14. The predicted molar refractivity (Wildman–Crippen MR) is 84.1 cm³/mol. The molecule has 106 valence electrons. The number of nitrogens with zero attached hydrogens (tertiary/aromatic N) is 2. The van der Waals surface area contributed by atoms with Crippen molar-refractivity contribution in [2.45, 2.75) is 10.6 Å². The molecule has 2 heterocycles. The van der Waals surface area contributed by atoms with Crippen LogP contribution in [0.5, 0.6) is 5.75 Å². The Morgan fingerprint density at radius 2 is 2.10 bits per heavy atom. The van der Waals surface area contributed by atoms with Gasteiger partial charge in [0.2, 0.25) is 0 Å². The van der Waals surface area contributed by atoms with Crippen molar-refractivity contribution < 1.29 is 5.11 Å². The lowest BCUT2D eigenvalue weighted by molar-refractivity contribution is 0.474. The van der Waals surface area contributed by atoms with Crippen molar-refractivity contribution in [2.24, 2.45) is 0 Å². The molecule has 0 atom stereocenters. The van der Waals surface area contributed by atoms with Crippen LogP contribution in [0.1, 0.15) is 5.69 Å². The van der Waals surface area contributed by atoms with Crippen LogP contribution in [0.3, 0.4) is 0 Å². The molecule has 6 heteroatoms. The lowest BCUT2D eigenvalue weighted by Gasteiger charge is -2.05. The van der Waals surface area contributed by atoms with E-state index in [9.17, 15) is 9.90 Å². The summed E-state index contributed by atoms with van der Waals surface area (Å²) in [7, 11) is 0. The van der Waals surface area contributed by atoms with E-state index in [0.29, 0.717) is 22.1 Å². The first kappa shape index (κ1) is 14.0. The second-order valence-electron chi connectivity index (χ2n) is 4.45. The normalized spacial score (nSPS) is 10.9. The SMILES string of the molecule is O=c1cc(CSc2cccc(O)c2)nc2ccc(Cl)cn12. The molecular weight excluding hydrogens is 308 g/mol. The van der Waals surface area contributed by atoms with Gasteiger partial charge in [0.15, 0.2) is 0 Å². The number of halogens is 1. The summed E-state index contributed by atoms with van der Waals surface area (Å²) in [6, 6.07) is 11.9. The summed E-state index contributed by atoms with van der Waals surface area (Å²) in [6.07, 6.45) is 1.55. The van der Waals surface area contributed by atoms with Gasteiger partial charge in [0.1, 0.15) is 11.4 Å². The maximum Gasteiger partial charge on any atom is 0.258 e. The van der Waals surface area contributed by atoms with E-state index < -0.39 is 0 Å². The van der Waals surface area contributed by atoms with E-state index in [-0.39, 0.29) is 11.3 Å². The number of aromatic nitrogens is 2. The maximum atomic E-state index is 12.0. The van der Waals surface area contributed by atoms with Crippen LogP contribution >= 0.6 is 23.4 Å². The third-order valence-corrected chi connectivity index (χ3v) is 4.13. The molecule has 21 heavy (non-hydrogen) atoms. The van der Waals surface area contributed by atoms with Crippen LogP contribution in [0, 0.1) is 0 Å². The molecule has 0 amide bonds. The predicted octanol–water partition coefficient (Wildman–Crippen LogP) is 3.35. The number of phenols is 1. The van der Waals surface area contributed by atoms with Gasteiger partial charge in [-0.25, -0.2) is 4.98 Å². The number of rotatable bonds is 3. The third-order valence-electron chi connectivity index (χ3n) is 2.88. The van der Waals surface area contributed by atoms with Crippen molar-refractivity contribution in [3.63, 3.8) is 0 Å². The van der Waals surface area contributed by atoms with Crippen molar-refractivity contribution >= 4 is 29.0 Å². The number of benzene rings is 1. The highest BCUT2D eigenvalue weighted by molar-refractivity contribution is 7.98. The van der Waals surface area contributed by atoms with Crippen molar-refractivity contribution in [3.8, 4) is 5.75 Å². The van der Waals surface area contributed by atoms with Gasteiger partial charge in [-0.3, -0.25) is 9.20 Å². The third kappa shape index (κ3) is 3.20. The average Bonchev–Trinajstić information content (AvgIpc) is 2.46. The molecular formula is C15H11ClN2O2S. The summed E-state index contributed by atoms with van der Waals surface area (Å²) in [5, 5.41) is 9.92. The van der Waals surface area contributed by atoms with E-state index in [1.54, 1.807) is 36.5 Å². The minimum Gasteiger partial charge on any atom is -0.508 e. The number of aromatic hydroxyl groups is 1. The molecule has 4 nitrogen and oxygen atoms in total. The number of fused-ring (bicyclic) bond motifs is 1. The summed E-state index contributed by atoms with van der Waals surface area (Å²) in [4.78, 5) is 17.4. The van der Waals surface area contributed by atoms with E-state index in [0.717, 1.165) is 4.90 Å². The lowest BCUT2D eigenvalue weighted by atomic mass is 10.3. The molecule has 0 unspecified atom stereocenters. The molecule has 0 saturated heterocycles. The number of hydrogen-bond donors (Lipinski definition) is 1. The van der Waals surface area contributed by atoms with Gasteiger partial charge >= 0.3 is 0 Å². The molecule has 0 fully saturated rings. The number of hydrogen-bond acceptors (Lipinski definition) is 4. The zero-order valence-corrected chi connectivity index (χ0v) is 12.4. The number of thioether (sulfide) groups is 1. The van der Waals surface area contributed by atoms with E-state index >= 15 is 0 Å². The Labute approximate surface area is 130 Å². The van der Waals surface area contributed by atoms with Crippen LogP contribution in [0.2, 0.25) is 5.02 Å². The fourth-order valence-corrected chi connectivity index (χ4v) is 2.93. The Kier molecular flexibility index (Phi) is 3.86. The summed E-state index contributed by atoms with van der Waals surface area (Å²) in [6.45, 7) is 0. The van der Waals surface area contributed by atoms with Crippen molar-refractivity contribution in [1.29, 1.82) is 0 Å². The van der Waals surface area contributed by atoms with Gasteiger partial charge in [0.25, 0.3) is 5.56 Å². The van der Waals surface area contributed by atoms with Gasteiger partial charge in [-0.15, -0.1) is 11.8 Å². The maximum absolute atomic E-state index is 12.0. The minimum absolute atomic E-state index is 0.158. The first-order valence-corrected chi connectivity index (χ1v) is 7.58. The molecule has 0 aliphatic heterocycles. The molecule has 0 bridgehead atoms. The quantitative estimate of drug-likeness (QED) is 0.752. The smallest absolute Gasteiger partial charge is 0.258 e. The van der Waals surface area contributed by atoms with Gasteiger partial charge in [-0.2, -0.15) is 0 Å². The molecule has 0 radical (unpaired) electrons. The molecule has 1 N–H and O–H groups in total. The Morgan fingerprint density at radius 3 is 2.90 bits per heavy atom. The molecule has 0 aliphatic rings. The number of phenolic OH excluding ortho intramolecular Hbond substituents is 1. The number of pyridine rings is 1. The Bertz CT molecular complexity index is 864. The van der Waals surface area contributed by atoms with E-state index in [1.807, 2.05) is 6.07 Å². The summed E-state index contributed by atoms with van der Waals surface area (Å²) in [5.74, 6) is 0.777. The second kappa shape index (κ2) is 5.79. The van der Waals surface area contributed by atoms with Gasteiger partial charge < -0.3 is 5.11 Å². The highest BCUT2D eigenvalue weighted by atomic mass is 35.5. The van der Waals surface area contributed by atoms with Crippen LogP contribution in [0.4, 0.5) is 0 Å². The van der Waals surface area contributed by atoms with Crippen molar-refractivity contribution in [1.82, 2.24) is 9.38 Å². The summed E-state index contributed by atoms with van der Waals surface area (Å²) < 4.78 is 1.42. The van der Waals surface area contributed by atoms with E-state index in [1.165, 1.54) is 22.2 Å². The van der Waals surface area contributed by atoms with Crippen molar-refractivity contribution in [2.75, 3.05) is 0 Å². The van der Waals surface area contributed by atoms with Gasteiger partial charge in [-0.05, 0) is 30.3 Å². The van der Waals surface area contributed by atoms with Crippen LogP contribution in [-0.2, 0) is 5.75 Å². The zero-order chi connectivity index (χ0) is 14.8. The highest BCUT2D eigenvalue weighted by Crippen LogP contribution is 2.24. The monoisotopic (exact) mass is 318 g/mol. The Hall–Kier alpha value is -1.98. The summed E-state index contributed by atoms with van der Waals surface area (Å²) >= 11 is 7.38. The van der Waals surface area contributed by atoms with Gasteiger partial charge in [0, 0.05) is 22.9 Å². The second-order valence-corrected chi connectivity index (χ2v) is 5.93. The molecule has 2 aromatic heterocycles. The molecule has 0 spiro atoms. The first-order chi connectivity index (χ1) is 10.1. The Morgan fingerprint density at radius 1 is 1.24 bits per heavy atom. The van der Waals surface area contributed by atoms with Crippen LogP contribution < -0.4 is 5.56 Å².